The number of ether oxygens (including phenoxy) is 1. The van der Waals surface area contributed by atoms with Gasteiger partial charge in [-0.1, -0.05) is 184 Å². The number of nitrogens with zero attached hydrogens (tertiary/aromatic N) is 4. The average Bonchev–Trinajstić information content (AvgIpc) is 3.63. The van der Waals surface area contributed by atoms with Gasteiger partial charge in [-0.25, -0.2) is 9.67 Å². The largest absolute Gasteiger partial charge is 0.359 e. The SMILES string of the molecule is CC(C)(C)P(C(C)(C)C)C(C)(C)C.CC(C)(C)P(C(C)(C)C)C(C)(C)C.C[Si](C)(C)CCOCn1cnc(-c2sc(-c3ccncc3)cc2Cc2ccc(Cl)cc2)n1.[Pd]. The third-order valence-corrected chi connectivity index (χ3v) is 20.3. The van der Waals surface area contributed by atoms with Crippen LogP contribution < -0.4 is 0 Å². The Hall–Kier alpha value is -0.801. The zero-order valence-electron chi connectivity index (χ0n) is 40.8. The van der Waals surface area contributed by atoms with E-state index in [0.717, 1.165) is 40.4 Å². The molecular formula is C48H81ClN4OP2PdSSi. The number of hydrogen-bond donors (Lipinski definition) is 0. The van der Waals surface area contributed by atoms with E-state index in [0.29, 0.717) is 37.7 Å². The zero-order valence-corrected chi connectivity index (χ0v) is 46.7. The molecule has 0 fully saturated rings. The van der Waals surface area contributed by atoms with Crippen LogP contribution >= 0.6 is 38.8 Å². The van der Waals surface area contributed by atoms with Crippen LogP contribution in [0, 0.1) is 0 Å². The number of hydrogen-bond acceptors (Lipinski definition) is 5. The number of halogens is 1. The molecule has 0 N–H and O–H groups in total. The van der Waals surface area contributed by atoms with Crippen molar-refractivity contribution in [2.75, 3.05) is 6.61 Å². The molecular weight excluding hydrogens is 913 g/mol. The van der Waals surface area contributed by atoms with Gasteiger partial charge in [0.2, 0.25) is 0 Å². The van der Waals surface area contributed by atoms with Crippen molar-refractivity contribution in [1.29, 1.82) is 0 Å². The van der Waals surface area contributed by atoms with Gasteiger partial charge in [0.05, 0.1) is 4.88 Å². The van der Waals surface area contributed by atoms with Gasteiger partial charge in [-0.05, 0) is 90.4 Å². The minimum absolute atomic E-state index is 0. The Morgan fingerprint density at radius 3 is 1.51 bits per heavy atom. The van der Waals surface area contributed by atoms with Crippen molar-refractivity contribution in [1.82, 2.24) is 19.7 Å². The third kappa shape index (κ3) is 19.6. The van der Waals surface area contributed by atoms with E-state index in [1.54, 1.807) is 22.3 Å². The Balaban J connectivity index is 0.000000536. The Labute approximate surface area is 388 Å². The molecule has 59 heavy (non-hydrogen) atoms. The second-order valence-corrected chi connectivity index (χ2v) is 39.2. The number of rotatable bonds is 9. The van der Waals surface area contributed by atoms with E-state index in [2.05, 4.69) is 172 Å². The van der Waals surface area contributed by atoms with Crippen LogP contribution in [0.1, 0.15) is 136 Å². The minimum Gasteiger partial charge on any atom is -0.359 e. The van der Waals surface area contributed by atoms with Gasteiger partial charge in [0.25, 0.3) is 0 Å². The molecule has 0 saturated carbocycles. The molecule has 0 saturated heterocycles. The number of benzene rings is 1. The fourth-order valence-electron chi connectivity index (χ4n) is 9.26. The summed E-state index contributed by atoms with van der Waals surface area (Å²) in [6.45, 7) is 51.2. The Bertz CT molecular complexity index is 1710. The van der Waals surface area contributed by atoms with Crippen LogP contribution in [0.5, 0.6) is 0 Å². The molecule has 0 bridgehead atoms. The first-order valence-electron chi connectivity index (χ1n) is 21.0. The van der Waals surface area contributed by atoms with Crippen LogP contribution in [0.25, 0.3) is 21.1 Å². The van der Waals surface area contributed by atoms with Gasteiger partial charge in [-0.3, -0.25) is 4.98 Å². The average molecular weight is 994 g/mol. The summed E-state index contributed by atoms with van der Waals surface area (Å²) >= 11 is 7.78. The van der Waals surface area contributed by atoms with E-state index in [4.69, 9.17) is 21.4 Å². The topological polar surface area (TPSA) is 52.8 Å². The van der Waals surface area contributed by atoms with Crippen molar-refractivity contribution in [2.24, 2.45) is 0 Å². The second kappa shape index (κ2) is 22.2. The summed E-state index contributed by atoms with van der Waals surface area (Å²) in [5.74, 6) is 0.730. The number of aromatic nitrogens is 4. The van der Waals surface area contributed by atoms with Gasteiger partial charge < -0.3 is 4.74 Å². The Kier molecular flexibility index (Phi) is 21.2. The fourth-order valence-corrected chi connectivity index (χ4v) is 23.3. The van der Waals surface area contributed by atoms with Crippen molar-refractivity contribution in [3.05, 3.63) is 77.3 Å². The van der Waals surface area contributed by atoms with Gasteiger partial charge in [0, 0.05) is 57.4 Å². The van der Waals surface area contributed by atoms with Gasteiger partial charge in [0.1, 0.15) is 13.1 Å². The van der Waals surface area contributed by atoms with E-state index in [-0.39, 0.29) is 36.3 Å². The summed E-state index contributed by atoms with van der Waals surface area (Å²) in [7, 11) is -1.07. The van der Waals surface area contributed by atoms with Crippen LogP contribution in [0.2, 0.25) is 30.7 Å². The predicted molar refractivity (Wildman–Crippen MR) is 267 cm³/mol. The molecule has 0 aliphatic heterocycles. The molecule has 1 aromatic carbocycles. The molecule has 4 aromatic rings. The van der Waals surface area contributed by atoms with Crippen LogP contribution in [0.15, 0.2) is 61.2 Å². The molecule has 336 valence electrons. The Morgan fingerprint density at radius 1 is 0.678 bits per heavy atom. The molecule has 0 aliphatic carbocycles. The molecule has 0 aliphatic rings. The third-order valence-electron chi connectivity index (χ3n) is 9.07. The van der Waals surface area contributed by atoms with Crippen LogP contribution in [-0.2, 0) is 38.3 Å². The first kappa shape index (κ1) is 56.2. The van der Waals surface area contributed by atoms with E-state index in [1.165, 1.54) is 16.0 Å². The van der Waals surface area contributed by atoms with E-state index in [1.807, 2.05) is 36.7 Å². The predicted octanol–water partition coefficient (Wildman–Crippen LogP) is 16.4. The summed E-state index contributed by atoms with van der Waals surface area (Å²) in [5.41, 5.74) is 3.54. The van der Waals surface area contributed by atoms with Crippen molar-refractivity contribution in [3.63, 3.8) is 0 Å². The molecule has 0 spiro atoms. The monoisotopic (exact) mass is 992 g/mol. The molecule has 0 radical (unpaired) electrons. The molecule has 0 atom stereocenters. The maximum absolute atomic E-state index is 6.07. The normalized spacial score (nSPS) is 13.1. The van der Waals surface area contributed by atoms with Crippen molar-refractivity contribution in [3.8, 4) is 21.1 Å². The van der Waals surface area contributed by atoms with E-state index < -0.39 is 8.07 Å². The van der Waals surface area contributed by atoms with Crippen molar-refractivity contribution < 1.29 is 25.2 Å². The minimum atomic E-state index is -1.10. The smallest absolute Gasteiger partial charge is 0.191 e. The summed E-state index contributed by atoms with van der Waals surface area (Å²) in [6.07, 6.45) is 6.17. The van der Waals surface area contributed by atoms with Crippen LogP contribution in [0.3, 0.4) is 0 Å². The van der Waals surface area contributed by atoms with Gasteiger partial charge >= 0.3 is 0 Å². The fraction of sp³-hybridized carbons (Fsp3) is 0.646. The zero-order chi connectivity index (χ0) is 44.7. The molecule has 5 nitrogen and oxygen atoms in total. The first-order valence-corrected chi connectivity index (χ1v) is 28.6. The molecule has 11 heteroatoms. The van der Waals surface area contributed by atoms with Gasteiger partial charge in [-0.15, -0.1) is 16.4 Å². The number of thiophene rings is 1. The standard InChI is InChI=1S/C24H27ClN4OSSi.2C12H27P.Pd/c1-32(2,3)13-12-30-17-29-16-27-24(28-29)23-20(14-18-4-6-21(25)7-5-18)15-22(31-23)19-8-10-26-11-9-19;2*1-10(2,3)13(11(4,5)6)12(7,8)9;/h4-11,15-16H,12-14,17H2,1-3H3;2*1-9H3;. The van der Waals surface area contributed by atoms with E-state index >= 15 is 0 Å². The molecule has 3 heterocycles. The quantitative estimate of drug-likeness (QED) is 0.0952. The summed E-state index contributed by atoms with van der Waals surface area (Å²) in [6, 6.07) is 15.4. The molecule has 0 amide bonds. The molecule has 0 unspecified atom stereocenters. The molecule has 3 aromatic heterocycles. The maximum atomic E-state index is 6.07. The van der Waals surface area contributed by atoms with Crippen LogP contribution in [-0.4, -0.2) is 65.4 Å². The van der Waals surface area contributed by atoms with Crippen molar-refractivity contribution in [2.45, 2.75) is 194 Å². The Morgan fingerprint density at radius 2 is 1.12 bits per heavy atom. The number of pyridine rings is 1. The summed E-state index contributed by atoms with van der Waals surface area (Å²) in [4.78, 5) is 11.0. The summed E-state index contributed by atoms with van der Waals surface area (Å²) < 4.78 is 7.61. The summed E-state index contributed by atoms with van der Waals surface area (Å²) in [5, 5.41) is 8.15. The van der Waals surface area contributed by atoms with Gasteiger partial charge in [0.15, 0.2) is 5.82 Å². The molecule has 4 rings (SSSR count). The second-order valence-electron chi connectivity index (χ2n) is 22.7. The maximum Gasteiger partial charge on any atom is 0.191 e. The van der Waals surface area contributed by atoms with E-state index in [9.17, 15) is 0 Å². The van der Waals surface area contributed by atoms with Gasteiger partial charge in [-0.2, -0.15) is 0 Å². The first-order chi connectivity index (χ1) is 26.1. The van der Waals surface area contributed by atoms with Crippen molar-refractivity contribution >= 4 is 46.9 Å². The van der Waals surface area contributed by atoms with Crippen LogP contribution in [0.4, 0.5) is 0 Å².